The molecule has 0 aromatic carbocycles. The average molecular weight is 343 g/mol. The number of pyridine rings is 1. The molecule has 134 valence electrons. The molecule has 6 heteroatoms. The van der Waals surface area contributed by atoms with E-state index < -0.39 is 0 Å². The quantitative estimate of drug-likeness (QED) is 0.819. The van der Waals surface area contributed by atoms with Crippen molar-refractivity contribution in [1.29, 1.82) is 0 Å². The first-order valence-electron chi connectivity index (χ1n) is 9.12. The number of ether oxygens (including phenoxy) is 1. The maximum Gasteiger partial charge on any atom is 0.228 e. The van der Waals surface area contributed by atoms with E-state index in [1.807, 2.05) is 17.0 Å². The highest BCUT2D eigenvalue weighted by Crippen LogP contribution is 2.44. The van der Waals surface area contributed by atoms with Gasteiger partial charge in [0.1, 0.15) is 0 Å². The Morgan fingerprint density at radius 1 is 1.40 bits per heavy atom. The summed E-state index contributed by atoms with van der Waals surface area (Å²) < 4.78 is 5.77. The first-order valence-corrected chi connectivity index (χ1v) is 9.12. The van der Waals surface area contributed by atoms with E-state index in [0.29, 0.717) is 13.2 Å². The molecule has 6 nitrogen and oxygen atoms in total. The van der Waals surface area contributed by atoms with Crippen LogP contribution in [0, 0.1) is 11.3 Å². The van der Waals surface area contributed by atoms with Crippen LogP contribution in [0.2, 0.25) is 0 Å². The van der Waals surface area contributed by atoms with E-state index in [-0.39, 0.29) is 35.6 Å². The number of amides is 2. The summed E-state index contributed by atoms with van der Waals surface area (Å²) in [5.74, 6) is -0.225. The molecule has 25 heavy (non-hydrogen) atoms. The molecule has 0 N–H and O–H groups in total. The summed E-state index contributed by atoms with van der Waals surface area (Å²) in [7, 11) is 1.78. The van der Waals surface area contributed by atoms with Gasteiger partial charge in [-0.2, -0.15) is 0 Å². The second-order valence-corrected chi connectivity index (χ2v) is 7.71. The van der Waals surface area contributed by atoms with Crippen LogP contribution in [-0.2, 0) is 14.3 Å². The molecule has 1 saturated carbocycles. The van der Waals surface area contributed by atoms with Gasteiger partial charge in [0.05, 0.1) is 25.2 Å². The van der Waals surface area contributed by atoms with E-state index in [2.05, 4.69) is 4.98 Å². The minimum absolute atomic E-state index is 0.0247. The van der Waals surface area contributed by atoms with Crippen molar-refractivity contribution in [3.63, 3.8) is 0 Å². The second-order valence-electron chi connectivity index (χ2n) is 7.71. The van der Waals surface area contributed by atoms with Crippen LogP contribution in [0.5, 0.6) is 0 Å². The molecule has 0 radical (unpaired) electrons. The van der Waals surface area contributed by atoms with Crippen molar-refractivity contribution in [2.45, 2.75) is 31.7 Å². The predicted molar refractivity (Wildman–Crippen MR) is 91.5 cm³/mol. The molecule has 2 aliphatic heterocycles. The minimum atomic E-state index is -0.336. The summed E-state index contributed by atoms with van der Waals surface area (Å²) in [6.45, 7) is 2.72. The van der Waals surface area contributed by atoms with Crippen molar-refractivity contribution in [1.82, 2.24) is 14.8 Å². The van der Waals surface area contributed by atoms with Crippen LogP contribution in [-0.4, -0.2) is 59.9 Å². The lowest BCUT2D eigenvalue weighted by Gasteiger charge is -2.43. The summed E-state index contributed by atoms with van der Waals surface area (Å²) >= 11 is 0. The van der Waals surface area contributed by atoms with Crippen LogP contribution in [0.1, 0.15) is 37.3 Å². The molecule has 4 rings (SSSR count). The molecule has 1 aliphatic carbocycles. The fourth-order valence-corrected chi connectivity index (χ4v) is 4.49. The van der Waals surface area contributed by atoms with Crippen LogP contribution in [0.15, 0.2) is 24.5 Å². The van der Waals surface area contributed by atoms with Crippen LogP contribution in [0.3, 0.4) is 0 Å². The summed E-state index contributed by atoms with van der Waals surface area (Å²) in [4.78, 5) is 33.5. The summed E-state index contributed by atoms with van der Waals surface area (Å²) in [5.41, 5.74) is 1.07. The zero-order chi connectivity index (χ0) is 17.4. The molecule has 1 aromatic heterocycles. The van der Waals surface area contributed by atoms with Crippen molar-refractivity contribution in [3.05, 3.63) is 30.1 Å². The Labute approximate surface area is 148 Å². The zero-order valence-corrected chi connectivity index (χ0v) is 14.7. The molecule has 1 spiro atoms. The predicted octanol–water partition coefficient (Wildman–Crippen LogP) is 1.63. The molecule has 0 unspecified atom stereocenters. The summed E-state index contributed by atoms with van der Waals surface area (Å²) in [6.07, 6.45) is 7.23. The maximum atomic E-state index is 13.3. The van der Waals surface area contributed by atoms with Crippen molar-refractivity contribution in [3.8, 4) is 0 Å². The summed E-state index contributed by atoms with van der Waals surface area (Å²) in [5, 5.41) is 0. The van der Waals surface area contributed by atoms with Gasteiger partial charge in [0, 0.05) is 44.4 Å². The van der Waals surface area contributed by atoms with Gasteiger partial charge in [0.25, 0.3) is 0 Å². The minimum Gasteiger partial charge on any atom is -0.379 e. The van der Waals surface area contributed by atoms with Gasteiger partial charge in [-0.25, -0.2) is 0 Å². The Kier molecular flexibility index (Phi) is 4.23. The first-order chi connectivity index (χ1) is 12.1. The number of carbonyl (C=O) groups is 2. The molecule has 3 heterocycles. The highest BCUT2D eigenvalue weighted by molar-refractivity contribution is 5.90. The van der Waals surface area contributed by atoms with Gasteiger partial charge < -0.3 is 14.5 Å². The number of carbonyl (C=O) groups excluding carboxylic acids is 2. The lowest BCUT2D eigenvalue weighted by atomic mass is 9.69. The number of likely N-dealkylation sites (tertiary alicyclic amines) is 1. The lowest BCUT2D eigenvalue weighted by Crippen LogP contribution is -2.47. The van der Waals surface area contributed by atoms with Gasteiger partial charge in [-0.05, 0) is 24.5 Å². The van der Waals surface area contributed by atoms with E-state index in [4.69, 9.17) is 4.74 Å². The van der Waals surface area contributed by atoms with Gasteiger partial charge in [0.15, 0.2) is 0 Å². The maximum absolute atomic E-state index is 13.3. The van der Waals surface area contributed by atoms with E-state index in [1.54, 1.807) is 24.3 Å². The molecule has 3 fully saturated rings. The highest BCUT2D eigenvalue weighted by Gasteiger charge is 2.47. The third-order valence-corrected chi connectivity index (χ3v) is 6.10. The molecule has 0 bridgehead atoms. The molecule has 2 atom stereocenters. The number of nitrogens with zero attached hydrogens (tertiary/aromatic N) is 3. The van der Waals surface area contributed by atoms with Gasteiger partial charge >= 0.3 is 0 Å². The third kappa shape index (κ3) is 2.92. The Balaban J connectivity index is 1.58. The molecule has 3 aliphatic rings. The van der Waals surface area contributed by atoms with E-state index in [9.17, 15) is 9.59 Å². The molecular weight excluding hydrogens is 318 g/mol. The number of hydrogen-bond donors (Lipinski definition) is 0. The zero-order valence-electron chi connectivity index (χ0n) is 14.7. The van der Waals surface area contributed by atoms with Crippen molar-refractivity contribution in [2.75, 3.05) is 33.4 Å². The molecule has 2 saturated heterocycles. The SMILES string of the molecule is CN1C(=O)C[C@H](C(=O)N2CCOCC3(CCC3)C2)[C@H]1c1cccnc1. The van der Waals surface area contributed by atoms with Crippen LogP contribution in [0.4, 0.5) is 0 Å². The number of aromatic nitrogens is 1. The van der Waals surface area contributed by atoms with Crippen molar-refractivity contribution < 1.29 is 14.3 Å². The molecule has 2 amide bonds. The lowest BCUT2D eigenvalue weighted by molar-refractivity contribution is -0.138. The van der Waals surface area contributed by atoms with Crippen LogP contribution >= 0.6 is 0 Å². The molecule has 1 aromatic rings. The number of rotatable bonds is 2. The average Bonchev–Trinajstić information content (AvgIpc) is 2.78. The Hall–Kier alpha value is -1.95. The Morgan fingerprint density at radius 2 is 2.24 bits per heavy atom. The standard InChI is InChI=1S/C19H25N3O3/c1-21-16(23)10-15(17(21)14-4-2-7-20-11-14)18(24)22-8-9-25-13-19(12-22)5-3-6-19/h2,4,7,11,15,17H,3,5-6,8-10,12-13H2,1H3/t15-,17+/m0/s1. The van der Waals surface area contributed by atoms with E-state index in [0.717, 1.165) is 31.6 Å². The van der Waals surface area contributed by atoms with Crippen LogP contribution in [0.25, 0.3) is 0 Å². The van der Waals surface area contributed by atoms with Crippen molar-refractivity contribution >= 4 is 11.8 Å². The molecular formula is C19H25N3O3. The monoisotopic (exact) mass is 343 g/mol. The second kappa shape index (κ2) is 6.41. The van der Waals surface area contributed by atoms with Gasteiger partial charge in [-0.1, -0.05) is 12.5 Å². The normalized spacial score (nSPS) is 28.8. The van der Waals surface area contributed by atoms with Gasteiger partial charge in [0.2, 0.25) is 11.8 Å². The number of hydrogen-bond acceptors (Lipinski definition) is 4. The fraction of sp³-hybridized carbons (Fsp3) is 0.632. The summed E-state index contributed by atoms with van der Waals surface area (Å²) in [6, 6.07) is 3.58. The first kappa shape index (κ1) is 16.5. The largest absolute Gasteiger partial charge is 0.379 e. The highest BCUT2D eigenvalue weighted by atomic mass is 16.5. The van der Waals surface area contributed by atoms with E-state index >= 15 is 0 Å². The van der Waals surface area contributed by atoms with Gasteiger partial charge in [-0.15, -0.1) is 0 Å². The smallest absolute Gasteiger partial charge is 0.228 e. The Morgan fingerprint density at radius 3 is 2.92 bits per heavy atom. The van der Waals surface area contributed by atoms with Crippen molar-refractivity contribution in [2.24, 2.45) is 11.3 Å². The van der Waals surface area contributed by atoms with Gasteiger partial charge in [-0.3, -0.25) is 14.6 Å². The van der Waals surface area contributed by atoms with Crippen LogP contribution < -0.4 is 0 Å². The van der Waals surface area contributed by atoms with E-state index in [1.165, 1.54) is 6.42 Å². The fourth-order valence-electron chi connectivity index (χ4n) is 4.49. The topological polar surface area (TPSA) is 62.7 Å². The Bertz CT molecular complexity index is 659. The third-order valence-electron chi connectivity index (χ3n) is 6.10.